The topological polar surface area (TPSA) is 39.7 Å². The molecule has 0 aliphatic carbocycles. The molecular formula is C22H23FN4OS. The maximum atomic E-state index is 13.1. The number of piperazine rings is 1. The highest BCUT2D eigenvalue weighted by atomic mass is 32.1. The van der Waals surface area contributed by atoms with Crippen LogP contribution in [0.4, 0.5) is 20.9 Å². The van der Waals surface area contributed by atoms with E-state index in [4.69, 9.17) is 4.98 Å². The second-order valence-corrected chi connectivity index (χ2v) is 7.89. The van der Waals surface area contributed by atoms with Gasteiger partial charge in [0.2, 0.25) is 5.91 Å². The van der Waals surface area contributed by atoms with Crippen molar-refractivity contribution in [1.29, 1.82) is 0 Å². The number of carbonyl (C=O) groups excluding carboxylic acids is 1. The molecule has 150 valence electrons. The average molecular weight is 411 g/mol. The van der Waals surface area contributed by atoms with Crippen LogP contribution in [-0.2, 0) is 11.3 Å². The van der Waals surface area contributed by atoms with Gasteiger partial charge in [0, 0.05) is 50.7 Å². The van der Waals surface area contributed by atoms with Gasteiger partial charge in [0.15, 0.2) is 5.13 Å². The number of halogens is 1. The van der Waals surface area contributed by atoms with Gasteiger partial charge in [-0.25, -0.2) is 9.37 Å². The van der Waals surface area contributed by atoms with E-state index in [2.05, 4.69) is 9.80 Å². The lowest BCUT2D eigenvalue weighted by molar-refractivity contribution is -0.115. The Bertz CT molecular complexity index is 952. The highest BCUT2D eigenvalue weighted by Gasteiger charge is 2.21. The molecule has 4 rings (SSSR count). The number of hydrogen-bond donors (Lipinski definition) is 0. The summed E-state index contributed by atoms with van der Waals surface area (Å²) < 4.78 is 13.1. The predicted molar refractivity (Wildman–Crippen MR) is 115 cm³/mol. The van der Waals surface area contributed by atoms with Gasteiger partial charge in [-0.15, -0.1) is 11.3 Å². The summed E-state index contributed by atoms with van der Waals surface area (Å²) in [5, 5.41) is 2.73. The van der Waals surface area contributed by atoms with E-state index in [9.17, 15) is 9.18 Å². The molecule has 2 heterocycles. The monoisotopic (exact) mass is 410 g/mol. The third-order valence-corrected chi connectivity index (χ3v) is 5.88. The lowest BCUT2D eigenvalue weighted by Gasteiger charge is -2.35. The summed E-state index contributed by atoms with van der Waals surface area (Å²) in [4.78, 5) is 23.2. The Morgan fingerprint density at radius 3 is 2.41 bits per heavy atom. The van der Waals surface area contributed by atoms with Crippen LogP contribution < -0.4 is 9.80 Å². The predicted octanol–water partition coefficient (Wildman–Crippen LogP) is 4.29. The molecule has 0 atom stereocenters. The SMILES string of the molecule is CC(=O)N(c1ccccc1)c1nc(CN2CCN(c3ccc(F)cc3)CC2)cs1. The number of rotatable bonds is 5. The van der Waals surface area contributed by atoms with Crippen molar-refractivity contribution in [3.8, 4) is 0 Å². The van der Waals surface area contributed by atoms with E-state index in [0.29, 0.717) is 5.13 Å². The van der Waals surface area contributed by atoms with E-state index < -0.39 is 0 Å². The summed E-state index contributed by atoms with van der Waals surface area (Å²) in [7, 11) is 0. The van der Waals surface area contributed by atoms with E-state index >= 15 is 0 Å². The number of thiazole rings is 1. The standard InChI is InChI=1S/C22H23FN4OS/c1-17(28)27(21-5-3-2-4-6-21)22-24-19(16-29-22)15-25-11-13-26(14-12-25)20-9-7-18(23)8-10-20/h2-10,16H,11-15H2,1H3. The summed E-state index contributed by atoms with van der Waals surface area (Å²) in [6.45, 7) is 5.94. The fourth-order valence-electron chi connectivity index (χ4n) is 3.52. The molecule has 29 heavy (non-hydrogen) atoms. The Balaban J connectivity index is 1.38. The number of hydrogen-bond acceptors (Lipinski definition) is 5. The number of anilines is 3. The molecule has 1 aliphatic heterocycles. The first-order valence-electron chi connectivity index (χ1n) is 9.63. The van der Waals surface area contributed by atoms with Gasteiger partial charge in [0.25, 0.3) is 0 Å². The molecule has 3 aromatic rings. The number of para-hydroxylation sites is 1. The summed E-state index contributed by atoms with van der Waals surface area (Å²) >= 11 is 1.49. The summed E-state index contributed by atoms with van der Waals surface area (Å²) in [6, 6.07) is 16.3. The molecule has 1 amide bonds. The van der Waals surface area contributed by atoms with Crippen molar-refractivity contribution in [1.82, 2.24) is 9.88 Å². The number of carbonyl (C=O) groups is 1. The van der Waals surface area contributed by atoms with Crippen LogP contribution in [-0.4, -0.2) is 42.0 Å². The molecule has 5 nitrogen and oxygen atoms in total. The third-order valence-electron chi connectivity index (χ3n) is 5.01. The summed E-state index contributed by atoms with van der Waals surface area (Å²) in [6.07, 6.45) is 0. The first kappa shape index (κ1) is 19.5. The lowest BCUT2D eigenvalue weighted by atomic mass is 10.2. The molecule has 1 aliphatic rings. The fraction of sp³-hybridized carbons (Fsp3) is 0.273. The molecule has 0 unspecified atom stereocenters. The highest BCUT2D eigenvalue weighted by Crippen LogP contribution is 2.29. The van der Waals surface area contributed by atoms with Gasteiger partial charge in [-0.3, -0.25) is 14.6 Å². The van der Waals surface area contributed by atoms with Crippen molar-refractivity contribution >= 4 is 33.8 Å². The van der Waals surface area contributed by atoms with Crippen LogP contribution in [0.15, 0.2) is 60.0 Å². The Labute approximate surface area is 174 Å². The zero-order valence-electron chi connectivity index (χ0n) is 16.3. The van der Waals surface area contributed by atoms with Crippen molar-refractivity contribution < 1.29 is 9.18 Å². The number of amides is 1. The van der Waals surface area contributed by atoms with Crippen LogP contribution >= 0.6 is 11.3 Å². The molecule has 7 heteroatoms. The Morgan fingerprint density at radius 2 is 1.76 bits per heavy atom. The van der Waals surface area contributed by atoms with Gasteiger partial charge >= 0.3 is 0 Å². The quantitative estimate of drug-likeness (QED) is 0.629. The first-order chi connectivity index (χ1) is 14.1. The minimum atomic E-state index is -0.207. The molecular weight excluding hydrogens is 387 g/mol. The Kier molecular flexibility index (Phi) is 5.87. The van der Waals surface area contributed by atoms with E-state index in [0.717, 1.165) is 49.8 Å². The van der Waals surface area contributed by atoms with E-state index in [1.54, 1.807) is 11.8 Å². The van der Waals surface area contributed by atoms with Crippen LogP contribution in [0.25, 0.3) is 0 Å². The van der Waals surface area contributed by atoms with Crippen LogP contribution in [0.2, 0.25) is 0 Å². The smallest absolute Gasteiger partial charge is 0.230 e. The molecule has 1 aromatic heterocycles. The minimum Gasteiger partial charge on any atom is -0.369 e. The molecule has 0 saturated carbocycles. The molecule has 1 saturated heterocycles. The lowest BCUT2D eigenvalue weighted by Crippen LogP contribution is -2.46. The highest BCUT2D eigenvalue weighted by molar-refractivity contribution is 7.14. The van der Waals surface area contributed by atoms with Crippen molar-refractivity contribution in [2.75, 3.05) is 36.0 Å². The van der Waals surface area contributed by atoms with Gasteiger partial charge in [-0.05, 0) is 36.4 Å². The van der Waals surface area contributed by atoms with Gasteiger partial charge in [0.05, 0.1) is 11.4 Å². The van der Waals surface area contributed by atoms with Crippen molar-refractivity contribution in [2.24, 2.45) is 0 Å². The van der Waals surface area contributed by atoms with Crippen molar-refractivity contribution in [3.63, 3.8) is 0 Å². The summed E-state index contributed by atoms with van der Waals surface area (Å²) in [5.41, 5.74) is 2.86. The van der Waals surface area contributed by atoms with Gasteiger partial charge in [0.1, 0.15) is 5.82 Å². The molecule has 0 radical (unpaired) electrons. The van der Waals surface area contributed by atoms with E-state index in [1.165, 1.54) is 23.5 Å². The number of benzene rings is 2. The molecule has 0 bridgehead atoms. The number of aromatic nitrogens is 1. The molecule has 1 fully saturated rings. The maximum absolute atomic E-state index is 13.1. The fourth-order valence-corrected chi connectivity index (χ4v) is 4.40. The van der Waals surface area contributed by atoms with Crippen LogP contribution in [0, 0.1) is 5.82 Å². The number of nitrogens with zero attached hydrogens (tertiary/aromatic N) is 4. The van der Waals surface area contributed by atoms with Gasteiger partial charge in [-0.1, -0.05) is 18.2 Å². The molecule has 0 spiro atoms. The summed E-state index contributed by atoms with van der Waals surface area (Å²) in [5.74, 6) is -0.258. The average Bonchev–Trinajstić information content (AvgIpc) is 3.18. The van der Waals surface area contributed by atoms with Crippen molar-refractivity contribution in [2.45, 2.75) is 13.5 Å². The van der Waals surface area contributed by atoms with Crippen LogP contribution in [0.5, 0.6) is 0 Å². The van der Waals surface area contributed by atoms with Gasteiger partial charge in [-0.2, -0.15) is 0 Å². The molecule has 0 N–H and O–H groups in total. The van der Waals surface area contributed by atoms with Crippen LogP contribution in [0.1, 0.15) is 12.6 Å². The second-order valence-electron chi connectivity index (χ2n) is 7.05. The normalized spacial score (nSPS) is 14.8. The Hall–Kier alpha value is -2.77. The van der Waals surface area contributed by atoms with E-state index in [-0.39, 0.29) is 11.7 Å². The molecule has 2 aromatic carbocycles. The zero-order chi connectivity index (χ0) is 20.2. The first-order valence-corrected chi connectivity index (χ1v) is 10.5. The van der Waals surface area contributed by atoms with Crippen LogP contribution in [0.3, 0.4) is 0 Å². The maximum Gasteiger partial charge on any atom is 0.230 e. The van der Waals surface area contributed by atoms with Gasteiger partial charge < -0.3 is 4.90 Å². The third kappa shape index (κ3) is 4.63. The minimum absolute atomic E-state index is 0.0509. The Morgan fingerprint density at radius 1 is 1.07 bits per heavy atom. The second kappa shape index (κ2) is 8.71. The van der Waals surface area contributed by atoms with Crippen molar-refractivity contribution in [3.05, 3.63) is 71.5 Å². The largest absolute Gasteiger partial charge is 0.369 e. The van der Waals surface area contributed by atoms with E-state index in [1.807, 2.05) is 47.8 Å². The zero-order valence-corrected chi connectivity index (χ0v) is 17.1.